The van der Waals surface area contributed by atoms with Crippen molar-refractivity contribution >= 4 is 29.0 Å². The van der Waals surface area contributed by atoms with E-state index in [1.54, 1.807) is 0 Å². The zero-order valence-corrected chi connectivity index (χ0v) is 11.9. The molecule has 0 aliphatic carbocycles. The molecular formula is C15H14ClFN2O. The van der Waals surface area contributed by atoms with Crippen molar-refractivity contribution < 1.29 is 9.18 Å². The summed E-state index contributed by atoms with van der Waals surface area (Å²) in [4.78, 5) is 11.8. The van der Waals surface area contributed by atoms with Gasteiger partial charge in [-0.05, 0) is 55.3 Å². The van der Waals surface area contributed by atoms with E-state index in [0.717, 1.165) is 11.1 Å². The van der Waals surface area contributed by atoms with Crippen LogP contribution >= 0.6 is 11.6 Å². The van der Waals surface area contributed by atoms with Crippen LogP contribution in [0, 0.1) is 19.7 Å². The van der Waals surface area contributed by atoms with Gasteiger partial charge in [0.05, 0.1) is 5.02 Å². The maximum absolute atomic E-state index is 13.0. The van der Waals surface area contributed by atoms with Crippen molar-refractivity contribution in [1.82, 2.24) is 0 Å². The molecule has 2 rings (SSSR count). The van der Waals surface area contributed by atoms with Crippen LogP contribution in [0.25, 0.3) is 0 Å². The molecule has 104 valence electrons. The number of carbonyl (C=O) groups is 1. The monoisotopic (exact) mass is 292 g/mol. The molecule has 0 unspecified atom stereocenters. The number of hydrogen-bond donors (Lipinski definition) is 2. The maximum atomic E-state index is 13.0. The summed E-state index contributed by atoms with van der Waals surface area (Å²) in [7, 11) is 0. The highest BCUT2D eigenvalue weighted by atomic mass is 35.5. The van der Waals surface area contributed by atoms with E-state index in [2.05, 4.69) is 10.6 Å². The van der Waals surface area contributed by atoms with Crippen LogP contribution < -0.4 is 10.6 Å². The first-order valence-electron chi connectivity index (χ1n) is 6.05. The molecule has 0 saturated heterocycles. The van der Waals surface area contributed by atoms with E-state index in [1.165, 1.54) is 18.2 Å². The van der Waals surface area contributed by atoms with Crippen LogP contribution in [-0.2, 0) is 0 Å². The van der Waals surface area contributed by atoms with Crippen LogP contribution in [0.4, 0.5) is 20.6 Å². The fourth-order valence-electron chi connectivity index (χ4n) is 1.91. The Morgan fingerprint density at radius 3 is 2.20 bits per heavy atom. The molecule has 0 aliphatic rings. The zero-order valence-electron chi connectivity index (χ0n) is 11.1. The summed E-state index contributed by atoms with van der Waals surface area (Å²) in [5, 5.41) is 5.28. The lowest BCUT2D eigenvalue weighted by Gasteiger charge is -2.09. The molecule has 5 heteroatoms. The minimum absolute atomic E-state index is 0.0331. The number of aryl methyl sites for hydroxylation is 2. The van der Waals surface area contributed by atoms with Gasteiger partial charge in [-0.3, -0.25) is 0 Å². The van der Waals surface area contributed by atoms with Gasteiger partial charge in [0.15, 0.2) is 0 Å². The third kappa shape index (κ3) is 3.71. The highest BCUT2D eigenvalue weighted by molar-refractivity contribution is 6.31. The van der Waals surface area contributed by atoms with Crippen LogP contribution in [0.3, 0.4) is 0 Å². The summed E-state index contributed by atoms with van der Waals surface area (Å²) >= 11 is 5.65. The normalized spacial score (nSPS) is 10.2. The van der Waals surface area contributed by atoms with Crippen molar-refractivity contribution in [1.29, 1.82) is 0 Å². The standard InChI is InChI=1S/C15H14ClFN2O/c1-9-5-10(2)7-12(6-9)19-15(20)18-11-3-4-14(17)13(16)8-11/h3-8H,1-2H3,(H2,18,19,20). The summed E-state index contributed by atoms with van der Waals surface area (Å²) in [6, 6.07) is 9.35. The van der Waals surface area contributed by atoms with Crippen molar-refractivity contribution in [2.75, 3.05) is 10.6 Å². The van der Waals surface area contributed by atoms with Gasteiger partial charge in [-0.1, -0.05) is 17.7 Å². The first-order valence-corrected chi connectivity index (χ1v) is 6.43. The average molecular weight is 293 g/mol. The quantitative estimate of drug-likeness (QED) is 0.824. The number of amides is 2. The number of nitrogens with one attached hydrogen (secondary N) is 2. The number of carbonyl (C=O) groups excluding carboxylic acids is 1. The van der Waals surface area contributed by atoms with Crippen molar-refractivity contribution in [3.05, 3.63) is 58.4 Å². The van der Waals surface area contributed by atoms with E-state index in [1.807, 2.05) is 32.0 Å². The fraction of sp³-hybridized carbons (Fsp3) is 0.133. The van der Waals surface area contributed by atoms with Crippen LogP contribution in [0.2, 0.25) is 5.02 Å². The molecule has 0 spiro atoms. The minimum atomic E-state index is -0.521. The van der Waals surface area contributed by atoms with Gasteiger partial charge in [-0.15, -0.1) is 0 Å². The molecule has 0 radical (unpaired) electrons. The number of hydrogen-bond acceptors (Lipinski definition) is 1. The molecule has 2 N–H and O–H groups in total. The SMILES string of the molecule is Cc1cc(C)cc(NC(=O)Nc2ccc(F)c(Cl)c2)c1. The van der Waals surface area contributed by atoms with Gasteiger partial charge in [0.25, 0.3) is 0 Å². The van der Waals surface area contributed by atoms with Crippen LogP contribution in [0.1, 0.15) is 11.1 Å². The van der Waals surface area contributed by atoms with Crippen molar-refractivity contribution in [2.45, 2.75) is 13.8 Å². The Morgan fingerprint density at radius 2 is 1.60 bits per heavy atom. The first-order chi connectivity index (χ1) is 9.44. The first kappa shape index (κ1) is 14.3. The molecule has 2 aromatic rings. The lowest BCUT2D eigenvalue weighted by Crippen LogP contribution is -2.19. The second-order valence-electron chi connectivity index (χ2n) is 4.58. The van der Waals surface area contributed by atoms with E-state index in [9.17, 15) is 9.18 Å². The van der Waals surface area contributed by atoms with Gasteiger partial charge >= 0.3 is 6.03 Å². The van der Waals surface area contributed by atoms with Crippen LogP contribution in [-0.4, -0.2) is 6.03 Å². The molecule has 3 nitrogen and oxygen atoms in total. The minimum Gasteiger partial charge on any atom is -0.308 e. The zero-order chi connectivity index (χ0) is 14.7. The Hall–Kier alpha value is -2.07. The molecular weight excluding hydrogens is 279 g/mol. The lowest BCUT2D eigenvalue weighted by atomic mass is 10.1. The number of rotatable bonds is 2. The van der Waals surface area contributed by atoms with Crippen LogP contribution in [0.15, 0.2) is 36.4 Å². The molecule has 20 heavy (non-hydrogen) atoms. The second kappa shape index (κ2) is 5.92. The Kier molecular flexibility index (Phi) is 4.25. The van der Waals surface area contributed by atoms with Gasteiger partial charge < -0.3 is 10.6 Å². The molecule has 0 bridgehead atoms. The Bertz CT molecular complexity index is 638. The summed E-state index contributed by atoms with van der Waals surface area (Å²) in [5.41, 5.74) is 3.25. The van der Waals surface area contributed by atoms with Crippen molar-refractivity contribution in [3.63, 3.8) is 0 Å². The molecule has 0 aliphatic heterocycles. The molecule has 0 saturated carbocycles. The third-order valence-corrected chi connectivity index (χ3v) is 2.95. The number of benzene rings is 2. The summed E-state index contributed by atoms with van der Waals surface area (Å²) < 4.78 is 13.0. The lowest BCUT2D eigenvalue weighted by molar-refractivity contribution is 0.262. The number of urea groups is 1. The predicted molar refractivity (Wildman–Crippen MR) is 80.0 cm³/mol. The molecule has 0 fully saturated rings. The van der Waals surface area contributed by atoms with E-state index in [4.69, 9.17) is 11.6 Å². The highest BCUT2D eigenvalue weighted by Gasteiger charge is 2.06. The van der Waals surface area contributed by atoms with Gasteiger partial charge in [0, 0.05) is 11.4 Å². The van der Waals surface area contributed by atoms with Gasteiger partial charge in [0.1, 0.15) is 5.82 Å². The summed E-state index contributed by atoms with van der Waals surface area (Å²) in [6.07, 6.45) is 0. The van der Waals surface area contributed by atoms with Crippen molar-refractivity contribution in [2.24, 2.45) is 0 Å². The average Bonchev–Trinajstić information content (AvgIpc) is 2.32. The van der Waals surface area contributed by atoms with Crippen molar-refractivity contribution in [3.8, 4) is 0 Å². The molecule has 2 amide bonds. The fourth-order valence-corrected chi connectivity index (χ4v) is 2.09. The van der Waals surface area contributed by atoms with Gasteiger partial charge in [0.2, 0.25) is 0 Å². The molecule has 2 aromatic carbocycles. The number of halogens is 2. The van der Waals surface area contributed by atoms with E-state index in [-0.39, 0.29) is 5.02 Å². The maximum Gasteiger partial charge on any atom is 0.323 e. The highest BCUT2D eigenvalue weighted by Crippen LogP contribution is 2.20. The largest absolute Gasteiger partial charge is 0.323 e. The van der Waals surface area contributed by atoms with Gasteiger partial charge in [-0.25, -0.2) is 9.18 Å². The topological polar surface area (TPSA) is 41.1 Å². The number of anilines is 2. The Balaban J connectivity index is 2.06. The van der Waals surface area contributed by atoms with E-state index < -0.39 is 11.8 Å². The van der Waals surface area contributed by atoms with Crippen LogP contribution in [0.5, 0.6) is 0 Å². The smallest absolute Gasteiger partial charge is 0.308 e. The molecule has 0 atom stereocenters. The van der Waals surface area contributed by atoms with Gasteiger partial charge in [-0.2, -0.15) is 0 Å². The Labute approximate surface area is 121 Å². The summed E-state index contributed by atoms with van der Waals surface area (Å²) in [5.74, 6) is -0.521. The molecule has 0 heterocycles. The van der Waals surface area contributed by atoms with E-state index >= 15 is 0 Å². The summed E-state index contributed by atoms with van der Waals surface area (Å²) in [6.45, 7) is 3.91. The molecule has 0 aromatic heterocycles. The van der Waals surface area contributed by atoms with E-state index in [0.29, 0.717) is 11.4 Å². The Morgan fingerprint density at radius 1 is 1.00 bits per heavy atom. The second-order valence-corrected chi connectivity index (χ2v) is 4.99. The third-order valence-electron chi connectivity index (χ3n) is 2.66. The predicted octanol–water partition coefficient (Wildman–Crippen LogP) is 4.74.